The van der Waals surface area contributed by atoms with E-state index in [1.807, 2.05) is 6.07 Å². The molecule has 1 aromatic rings. The molecule has 0 unspecified atom stereocenters. The Morgan fingerprint density at radius 2 is 2.19 bits per heavy atom. The van der Waals surface area contributed by atoms with Gasteiger partial charge in [0.1, 0.15) is 6.61 Å². The van der Waals surface area contributed by atoms with E-state index in [4.69, 9.17) is 9.47 Å². The number of aromatic nitrogens is 2. The molecule has 10 heteroatoms. The monoisotopic (exact) mass is 385 g/mol. The lowest BCUT2D eigenvalue weighted by molar-refractivity contribution is 0.0191. The van der Waals surface area contributed by atoms with E-state index in [9.17, 15) is 13.6 Å². The molecule has 0 saturated carbocycles. The highest BCUT2D eigenvalue weighted by Gasteiger charge is 2.23. The van der Waals surface area contributed by atoms with Crippen LogP contribution in [0.1, 0.15) is 17.7 Å². The standard InChI is InChI=1S/C17H25F2N5O3/c18-15(19)12-27-8-3-20-17(25)24-5-2-14-13(11-24)10-16(22-21-14)23-4-1-7-26-9-6-23/h10,15H,1-9,11-12H2,(H,20,25). The number of rotatable bonds is 6. The lowest BCUT2D eigenvalue weighted by atomic mass is 10.1. The largest absolute Gasteiger partial charge is 0.380 e. The summed E-state index contributed by atoms with van der Waals surface area (Å²) < 4.78 is 34.2. The molecule has 27 heavy (non-hydrogen) atoms. The van der Waals surface area contributed by atoms with Gasteiger partial charge in [0, 0.05) is 45.8 Å². The van der Waals surface area contributed by atoms with Crippen LogP contribution in [0, 0.1) is 0 Å². The number of urea groups is 1. The lowest BCUT2D eigenvalue weighted by Gasteiger charge is -2.29. The average Bonchev–Trinajstić information content (AvgIpc) is 2.96. The van der Waals surface area contributed by atoms with Crippen LogP contribution in [0.2, 0.25) is 0 Å². The maximum absolute atomic E-state index is 12.3. The van der Waals surface area contributed by atoms with Crippen molar-refractivity contribution >= 4 is 11.8 Å². The summed E-state index contributed by atoms with van der Waals surface area (Å²) in [6, 6.07) is 1.77. The number of anilines is 1. The summed E-state index contributed by atoms with van der Waals surface area (Å²) in [4.78, 5) is 16.1. The molecule has 2 aliphatic heterocycles. The van der Waals surface area contributed by atoms with Crippen LogP contribution in [-0.4, -0.2) is 80.2 Å². The van der Waals surface area contributed by atoms with Crippen molar-refractivity contribution in [2.75, 3.05) is 57.5 Å². The number of carbonyl (C=O) groups is 1. The third-order valence-corrected chi connectivity index (χ3v) is 4.53. The number of ether oxygens (including phenoxy) is 2. The maximum Gasteiger partial charge on any atom is 0.317 e. The average molecular weight is 385 g/mol. The minimum atomic E-state index is -2.50. The van der Waals surface area contributed by atoms with Crippen LogP contribution in [0.5, 0.6) is 0 Å². The van der Waals surface area contributed by atoms with Crippen LogP contribution in [0.15, 0.2) is 6.07 Å². The van der Waals surface area contributed by atoms with Crippen molar-refractivity contribution in [1.82, 2.24) is 20.4 Å². The molecule has 2 amide bonds. The van der Waals surface area contributed by atoms with Gasteiger partial charge in [0.25, 0.3) is 6.43 Å². The molecule has 1 aromatic heterocycles. The molecular weight excluding hydrogens is 360 g/mol. The van der Waals surface area contributed by atoms with Gasteiger partial charge in [-0.3, -0.25) is 0 Å². The van der Waals surface area contributed by atoms with Crippen molar-refractivity contribution in [2.24, 2.45) is 0 Å². The maximum atomic E-state index is 12.3. The van der Waals surface area contributed by atoms with Crippen molar-refractivity contribution in [3.05, 3.63) is 17.3 Å². The number of halogens is 2. The summed E-state index contributed by atoms with van der Waals surface area (Å²) in [6.07, 6.45) is -0.910. The van der Waals surface area contributed by atoms with E-state index in [1.165, 1.54) is 0 Å². The highest BCUT2D eigenvalue weighted by Crippen LogP contribution is 2.21. The van der Waals surface area contributed by atoms with Gasteiger partial charge in [-0.05, 0) is 18.1 Å². The Kier molecular flexibility index (Phi) is 7.11. The van der Waals surface area contributed by atoms with E-state index >= 15 is 0 Å². The van der Waals surface area contributed by atoms with Gasteiger partial charge in [0.05, 0.1) is 18.9 Å². The molecule has 2 aliphatic rings. The number of amides is 2. The van der Waals surface area contributed by atoms with Gasteiger partial charge in [-0.15, -0.1) is 5.10 Å². The number of nitrogens with one attached hydrogen (secondary N) is 1. The summed E-state index contributed by atoms with van der Waals surface area (Å²) in [6.45, 7) is 3.71. The van der Waals surface area contributed by atoms with Gasteiger partial charge < -0.3 is 24.6 Å². The molecule has 1 fully saturated rings. The molecule has 0 spiro atoms. The number of fused-ring (bicyclic) bond motifs is 1. The van der Waals surface area contributed by atoms with Gasteiger partial charge >= 0.3 is 6.03 Å². The van der Waals surface area contributed by atoms with E-state index in [1.54, 1.807) is 4.90 Å². The van der Waals surface area contributed by atoms with Crippen LogP contribution in [0.3, 0.4) is 0 Å². The quantitative estimate of drug-likeness (QED) is 0.738. The van der Waals surface area contributed by atoms with Gasteiger partial charge in [0.15, 0.2) is 5.82 Å². The first-order chi connectivity index (χ1) is 13.1. The molecule has 0 aliphatic carbocycles. The zero-order valence-electron chi connectivity index (χ0n) is 15.2. The van der Waals surface area contributed by atoms with E-state index in [-0.39, 0.29) is 19.2 Å². The minimum absolute atomic E-state index is 0.0627. The van der Waals surface area contributed by atoms with E-state index < -0.39 is 13.0 Å². The van der Waals surface area contributed by atoms with E-state index in [0.717, 1.165) is 43.2 Å². The first-order valence-corrected chi connectivity index (χ1v) is 9.20. The fourth-order valence-electron chi connectivity index (χ4n) is 3.13. The van der Waals surface area contributed by atoms with Crippen LogP contribution in [-0.2, 0) is 22.4 Å². The molecule has 0 atom stereocenters. The zero-order chi connectivity index (χ0) is 19.1. The lowest BCUT2D eigenvalue weighted by Crippen LogP contribution is -2.44. The number of nitrogens with zero attached hydrogens (tertiary/aromatic N) is 4. The second kappa shape index (κ2) is 9.75. The Hall–Kier alpha value is -2.07. The molecule has 8 nitrogen and oxygen atoms in total. The van der Waals surface area contributed by atoms with Crippen LogP contribution in [0.25, 0.3) is 0 Å². The summed E-state index contributed by atoms with van der Waals surface area (Å²) in [5, 5.41) is 11.4. The van der Waals surface area contributed by atoms with E-state index in [2.05, 4.69) is 20.4 Å². The zero-order valence-corrected chi connectivity index (χ0v) is 15.2. The van der Waals surface area contributed by atoms with Gasteiger partial charge in [-0.25, -0.2) is 13.6 Å². The van der Waals surface area contributed by atoms with Crippen LogP contribution in [0.4, 0.5) is 19.4 Å². The van der Waals surface area contributed by atoms with Gasteiger partial charge in [-0.2, -0.15) is 5.10 Å². The smallest absolute Gasteiger partial charge is 0.317 e. The Bertz CT molecular complexity index is 627. The topological polar surface area (TPSA) is 79.8 Å². The molecule has 0 radical (unpaired) electrons. The summed E-state index contributed by atoms with van der Waals surface area (Å²) in [7, 11) is 0. The first-order valence-electron chi connectivity index (χ1n) is 9.20. The highest BCUT2D eigenvalue weighted by molar-refractivity contribution is 5.74. The van der Waals surface area contributed by atoms with E-state index in [0.29, 0.717) is 26.1 Å². The summed E-state index contributed by atoms with van der Waals surface area (Å²) in [5.74, 6) is 0.807. The fraction of sp³-hybridized carbons (Fsp3) is 0.706. The third kappa shape index (κ3) is 5.70. The van der Waals surface area contributed by atoms with Gasteiger partial charge in [0.2, 0.25) is 0 Å². The second-order valence-corrected chi connectivity index (χ2v) is 6.50. The Morgan fingerprint density at radius 1 is 1.30 bits per heavy atom. The first kappa shape index (κ1) is 19.7. The normalized spacial score (nSPS) is 17.6. The molecule has 0 aromatic carbocycles. The second-order valence-electron chi connectivity index (χ2n) is 6.50. The number of hydrogen-bond donors (Lipinski definition) is 1. The van der Waals surface area contributed by atoms with Crippen LogP contribution < -0.4 is 10.2 Å². The SMILES string of the molecule is O=C(NCCOCC(F)F)N1CCc2nnc(N3CCCOCC3)cc2C1. The summed E-state index contributed by atoms with van der Waals surface area (Å²) >= 11 is 0. The molecule has 3 heterocycles. The molecule has 0 bridgehead atoms. The van der Waals surface area contributed by atoms with Crippen molar-refractivity contribution in [1.29, 1.82) is 0 Å². The minimum Gasteiger partial charge on any atom is -0.380 e. The molecule has 3 rings (SSSR count). The predicted octanol–water partition coefficient (Wildman–Crippen LogP) is 1.05. The number of alkyl halides is 2. The van der Waals surface area contributed by atoms with Crippen molar-refractivity contribution in [3.8, 4) is 0 Å². The van der Waals surface area contributed by atoms with Crippen molar-refractivity contribution in [2.45, 2.75) is 25.8 Å². The third-order valence-electron chi connectivity index (χ3n) is 4.53. The van der Waals surface area contributed by atoms with Crippen molar-refractivity contribution in [3.63, 3.8) is 0 Å². The fourth-order valence-corrected chi connectivity index (χ4v) is 3.13. The Balaban J connectivity index is 1.53. The molecular formula is C17H25F2N5O3. The van der Waals surface area contributed by atoms with Gasteiger partial charge in [-0.1, -0.05) is 0 Å². The Morgan fingerprint density at radius 3 is 3.04 bits per heavy atom. The molecule has 1 saturated heterocycles. The number of hydrogen-bond acceptors (Lipinski definition) is 6. The molecule has 1 N–H and O–H groups in total. The highest BCUT2D eigenvalue weighted by atomic mass is 19.3. The van der Waals surface area contributed by atoms with Crippen LogP contribution >= 0.6 is 0 Å². The Labute approximate surface area is 156 Å². The number of carbonyl (C=O) groups excluding carboxylic acids is 1. The van der Waals surface area contributed by atoms with Crippen molar-refractivity contribution < 1.29 is 23.0 Å². The summed E-state index contributed by atoms with van der Waals surface area (Å²) in [5.41, 5.74) is 1.90. The predicted molar refractivity (Wildman–Crippen MR) is 94.0 cm³/mol. The molecule has 150 valence electrons.